The van der Waals surface area contributed by atoms with Crippen LogP contribution in [0, 0.1) is 0 Å². The summed E-state index contributed by atoms with van der Waals surface area (Å²) in [6, 6.07) is 14.3. The van der Waals surface area contributed by atoms with E-state index in [4.69, 9.17) is 4.74 Å². The third-order valence-electron chi connectivity index (χ3n) is 3.45. The van der Waals surface area contributed by atoms with Gasteiger partial charge in [0.1, 0.15) is 5.75 Å². The van der Waals surface area contributed by atoms with Gasteiger partial charge in [0.05, 0.1) is 10.5 Å². The number of carbonyl (C=O) groups excluding carboxylic acids is 1. The van der Waals surface area contributed by atoms with Gasteiger partial charge in [0.2, 0.25) is 10.0 Å². The summed E-state index contributed by atoms with van der Waals surface area (Å²) in [6.45, 7) is 3.59. The number of esters is 1. The molecule has 5 nitrogen and oxygen atoms in total. The van der Waals surface area contributed by atoms with E-state index in [0.29, 0.717) is 11.3 Å². The fourth-order valence-electron chi connectivity index (χ4n) is 1.86. The Balaban J connectivity index is 2.18. The topological polar surface area (TPSA) is 63.7 Å². The molecule has 0 N–H and O–H groups in total. The molecule has 0 aliphatic carbocycles. The van der Waals surface area contributed by atoms with Crippen molar-refractivity contribution in [1.82, 2.24) is 4.31 Å². The Morgan fingerprint density at radius 2 is 1.57 bits per heavy atom. The Kier molecular flexibility index (Phi) is 5.18. The molecule has 0 aliphatic rings. The predicted octanol–water partition coefficient (Wildman–Crippen LogP) is 2.93. The van der Waals surface area contributed by atoms with E-state index in [9.17, 15) is 13.2 Å². The van der Waals surface area contributed by atoms with Crippen LogP contribution >= 0.6 is 0 Å². The third-order valence-corrected chi connectivity index (χ3v) is 5.50. The van der Waals surface area contributed by atoms with Gasteiger partial charge in [-0.1, -0.05) is 18.2 Å². The van der Waals surface area contributed by atoms with Crippen molar-refractivity contribution in [2.75, 3.05) is 7.05 Å². The fourth-order valence-corrected chi connectivity index (χ4v) is 3.23. The molecule has 0 saturated heterocycles. The minimum Gasteiger partial charge on any atom is -0.423 e. The molecule has 0 aromatic heterocycles. The van der Waals surface area contributed by atoms with Crippen LogP contribution in [-0.4, -0.2) is 31.8 Å². The van der Waals surface area contributed by atoms with E-state index < -0.39 is 16.0 Å². The Bertz CT molecular complexity index is 768. The molecular weight excluding hydrogens is 314 g/mol. The molecule has 0 spiro atoms. The van der Waals surface area contributed by atoms with Crippen LogP contribution in [0.25, 0.3) is 0 Å². The van der Waals surface area contributed by atoms with Crippen LogP contribution in [0.15, 0.2) is 59.5 Å². The van der Waals surface area contributed by atoms with Gasteiger partial charge in [0.25, 0.3) is 0 Å². The second-order valence-electron chi connectivity index (χ2n) is 5.34. The number of para-hydroxylation sites is 1. The molecule has 0 atom stereocenters. The Labute approximate surface area is 136 Å². The van der Waals surface area contributed by atoms with E-state index in [1.807, 2.05) is 6.07 Å². The van der Waals surface area contributed by atoms with Crippen LogP contribution in [0.1, 0.15) is 24.2 Å². The van der Waals surface area contributed by atoms with Crippen molar-refractivity contribution in [2.24, 2.45) is 0 Å². The van der Waals surface area contributed by atoms with E-state index >= 15 is 0 Å². The maximum Gasteiger partial charge on any atom is 0.343 e. The average Bonchev–Trinajstić information content (AvgIpc) is 2.55. The summed E-state index contributed by atoms with van der Waals surface area (Å²) in [5.41, 5.74) is 0.292. The lowest BCUT2D eigenvalue weighted by Crippen LogP contribution is -2.33. The predicted molar refractivity (Wildman–Crippen MR) is 87.9 cm³/mol. The number of ether oxygens (including phenoxy) is 1. The molecule has 122 valence electrons. The first-order valence-electron chi connectivity index (χ1n) is 7.17. The van der Waals surface area contributed by atoms with Crippen molar-refractivity contribution in [3.05, 3.63) is 60.2 Å². The van der Waals surface area contributed by atoms with Crippen molar-refractivity contribution < 1.29 is 17.9 Å². The molecular formula is C17H19NO4S. The minimum atomic E-state index is -3.56. The molecule has 0 fully saturated rings. The van der Waals surface area contributed by atoms with Crippen molar-refractivity contribution in [2.45, 2.75) is 24.8 Å². The largest absolute Gasteiger partial charge is 0.423 e. The first kappa shape index (κ1) is 17.2. The summed E-state index contributed by atoms with van der Waals surface area (Å²) in [6.07, 6.45) is 0. The number of carbonyl (C=O) groups is 1. The minimum absolute atomic E-state index is 0.143. The highest BCUT2D eigenvalue weighted by Gasteiger charge is 2.23. The van der Waals surface area contributed by atoms with Gasteiger partial charge in [-0.05, 0) is 50.2 Å². The lowest BCUT2D eigenvalue weighted by atomic mass is 10.2. The summed E-state index contributed by atoms with van der Waals surface area (Å²) in [5.74, 6) is -0.0916. The molecule has 0 bridgehead atoms. The van der Waals surface area contributed by atoms with Gasteiger partial charge in [-0.2, -0.15) is 4.31 Å². The van der Waals surface area contributed by atoms with Crippen LogP contribution in [-0.2, 0) is 10.0 Å². The normalized spacial score (nSPS) is 11.7. The van der Waals surface area contributed by atoms with Crippen molar-refractivity contribution >= 4 is 16.0 Å². The smallest absolute Gasteiger partial charge is 0.343 e. The molecule has 0 aliphatic heterocycles. The molecule has 23 heavy (non-hydrogen) atoms. The van der Waals surface area contributed by atoms with Gasteiger partial charge in [-0.15, -0.1) is 0 Å². The Morgan fingerprint density at radius 3 is 2.09 bits per heavy atom. The first-order chi connectivity index (χ1) is 10.8. The summed E-state index contributed by atoms with van der Waals surface area (Å²) < 4.78 is 31.2. The molecule has 0 unspecified atom stereocenters. The monoisotopic (exact) mass is 333 g/mol. The first-order valence-corrected chi connectivity index (χ1v) is 8.61. The van der Waals surface area contributed by atoms with E-state index in [2.05, 4.69) is 0 Å². The molecule has 0 amide bonds. The van der Waals surface area contributed by atoms with E-state index in [-0.39, 0.29) is 10.9 Å². The average molecular weight is 333 g/mol. The third kappa shape index (κ3) is 3.97. The zero-order valence-electron chi connectivity index (χ0n) is 13.3. The molecule has 6 heteroatoms. The zero-order chi connectivity index (χ0) is 17.0. The lowest BCUT2D eigenvalue weighted by molar-refractivity contribution is 0.0734. The van der Waals surface area contributed by atoms with Crippen LogP contribution in [0.2, 0.25) is 0 Å². The standard InChI is InChI=1S/C17H19NO4S/c1-13(2)18(3)23(20,21)16-11-9-14(10-12-16)17(19)22-15-7-5-4-6-8-15/h4-13H,1-3H3. The van der Waals surface area contributed by atoms with Gasteiger partial charge >= 0.3 is 5.97 Å². The van der Waals surface area contributed by atoms with Gasteiger partial charge in [0, 0.05) is 13.1 Å². The lowest BCUT2D eigenvalue weighted by Gasteiger charge is -2.20. The highest BCUT2D eigenvalue weighted by atomic mass is 32.2. The maximum atomic E-state index is 12.4. The maximum absolute atomic E-state index is 12.4. The Hall–Kier alpha value is -2.18. The number of nitrogens with zero attached hydrogens (tertiary/aromatic N) is 1. The van der Waals surface area contributed by atoms with Gasteiger partial charge < -0.3 is 4.74 Å². The van der Waals surface area contributed by atoms with E-state index in [1.54, 1.807) is 38.1 Å². The second kappa shape index (κ2) is 6.93. The number of benzene rings is 2. The summed E-state index contributed by atoms with van der Waals surface area (Å²) in [4.78, 5) is 12.2. The molecule has 2 aromatic rings. The second-order valence-corrected chi connectivity index (χ2v) is 7.34. The SMILES string of the molecule is CC(C)N(C)S(=O)(=O)c1ccc(C(=O)Oc2ccccc2)cc1. The van der Waals surface area contributed by atoms with Gasteiger partial charge in [-0.25, -0.2) is 13.2 Å². The van der Waals surface area contributed by atoms with Crippen LogP contribution in [0.4, 0.5) is 0 Å². The number of sulfonamides is 1. The summed E-state index contributed by atoms with van der Waals surface area (Å²) in [7, 11) is -2.03. The molecule has 0 radical (unpaired) electrons. The Morgan fingerprint density at radius 1 is 1.00 bits per heavy atom. The number of rotatable bonds is 5. The van der Waals surface area contributed by atoms with Crippen molar-refractivity contribution in [3.63, 3.8) is 0 Å². The van der Waals surface area contributed by atoms with E-state index in [0.717, 1.165) is 0 Å². The van der Waals surface area contributed by atoms with Crippen molar-refractivity contribution in [3.8, 4) is 5.75 Å². The highest BCUT2D eigenvalue weighted by molar-refractivity contribution is 7.89. The highest BCUT2D eigenvalue weighted by Crippen LogP contribution is 2.18. The molecule has 0 heterocycles. The van der Waals surface area contributed by atoms with Crippen molar-refractivity contribution in [1.29, 1.82) is 0 Å². The quantitative estimate of drug-likeness (QED) is 0.623. The van der Waals surface area contributed by atoms with Crippen LogP contribution < -0.4 is 4.74 Å². The number of hydrogen-bond donors (Lipinski definition) is 0. The fraction of sp³-hybridized carbons (Fsp3) is 0.235. The van der Waals surface area contributed by atoms with Gasteiger partial charge in [0.15, 0.2) is 0 Å². The number of hydrogen-bond acceptors (Lipinski definition) is 4. The summed E-state index contributed by atoms with van der Waals surface area (Å²) in [5, 5.41) is 0. The molecule has 0 saturated carbocycles. The molecule has 2 aromatic carbocycles. The van der Waals surface area contributed by atoms with Crippen LogP contribution in [0.5, 0.6) is 5.75 Å². The van der Waals surface area contributed by atoms with Crippen LogP contribution in [0.3, 0.4) is 0 Å². The molecule has 2 rings (SSSR count). The zero-order valence-corrected chi connectivity index (χ0v) is 14.1. The van der Waals surface area contributed by atoms with Gasteiger partial charge in [-0.3, -0.25) is 0 Å². The van der Waals surface area contributed by atoms with E-state index in [1.165, 1.54) is 35.6 Å². The summed E-state index contributed by atoms with van der Waals surface area (Å²) >= 11 is 0.